The van der Waals surface area contributed by atoms with Gasteiger partial charge in [0, 0.05) is 6.20 Å². The second kappa shape index (κ2) is 4.35. The van der Waals surface area contributed by atoms with E-state index in [9.17, 15) is 4.79 Å². The Morgan fingerprint density at radius 2 is 1.81 bits per heavy atom. The topological polar surface area (TPSA) is 32.9 Å². The largest absolute Gasteiger partial charge is 0.358 e. The fraction of sp³-hybridized carbons (Fsp3) is 0.214. The maximum Gasteiger partial charge on any atom is 0.166 e. The standard InChI is InChI=1S/C14H15NO/c1-10(2)11-3-5-12(6-4-11)13-7-14(9-16)15-8-13/h3-10,15H,1-2H3. The minimum absolute atomic E-state index is 0.547. The van der Waals surface area contributed by atoms with Gasteiger partial charge in [-0.05, 0) is 28.7 Å². The zero-order valence-electron chi connectivity index (χ0n) is 9.53. The summed E-state index contributed by atoms with van der Waals surface area (Å²) in [6, 6.07) is 10.3. The van der Waals surface area contributed by atoms with E-state index < -0.39 is 0 Å². The van der Waals surface area contributed by atoms with Gasteiger partial charge in [0.05, 0.1) is 5.69 Å². The molecule has 0 saturated heterocycles. The van der Waals surface area contributed by atoms with Gasteiger partial charge in [0.1, 0.15) is 0 Å². The zero-order valence-corrected chi connectivity index (χ0v) is 9.53. The summed E-state index contributed by atoms with van der Waals surface area (Å²) in [7, 11) is 0. The summed E-state index contributed by atoms with van der Waals surface area (Å²) in [6.07, 6.45) is 2.68. The average Bonchev–Trinajstić information content (AvgIpc) is 2.77. The van der Waals surface area contributed by atoms with Gasteiger partial charge in [-0.3, -0.25) is 4.79 Å². The lowest BCUT2D eigenvalue weighted by atomic mass is 10.00. The van der Waals surface area contributed by atoms with E-state index in [0.717, 1.165) is 17.4 Å². The molecule has 0 aliphatic rings. The molecular formula is C14H15NO. The summed E-state index contributed by atoms with van der Waals surface area (Å²) in [5.74, 6) is 0.547. The Kier molecular flexibility index (Phi) is 2.91. The fourth-order valence-electron chi connectivity index (χ4n) is 1.71. The molecule has 1 N–H and O–H groups in total. The smallest absolute Gasteiger partial charge is 0.166 e. The van der Waals surface area contributed by atoms with Crippen LogP contribution in [0.25, 0.3) is 11.1 Å². The third-order valence-electron chi connectivity index (χ3n) is 2.74. The molecule has 16 heavy (non-hydrogen) atoms. The molecule has 0 unspecified atom stereocenters. The minimum Gasteiger partial charge on any atom is -0.358 e. The highest BCUT2D eigenvalue weighted by Crippen LogP contribution is 2.22. The predicted octanol–water partition coefficient (Wildman–Crippen LogP) is 3.62. The van der Waals surface area contributed by atoms with Gasteiger partial charge in [-0.2, -0.15) is 0 Å². The minimum atomic E-state index is 0.547. The molecule has 2 rings (SSSR count). The average molecular weight is 213 g/mol. The highest BCUT2D eigenvalue weighted by molar-refractivity contribution is 5.77. The number of aromatic nitrogens is 1. The maximum atomic E-state index is 10.6. The summed E-state index contributed by atoms with van der Waals surface area (Å²) in [6.45, 7) is 4.35. The van der Waals surface area contributed by atoms with Crippen LogP contribution in [0.2, 0.25) is 0 Å². The summed E-state index contributed by atoms with van der Waals surface area (Å²) in [4.78, 5) is 13.5. The molecule has 0 fully saturated rings. The van der Waals surface area contributed by atoms with Crippen LogP contribution in [0, 0.1) is 0 Å². The highest BCUT2D eigenvalue weighted by Gasteiger charge is 2.02. The van der Waals surface area contributed by atoms with Gasteiger partial charge in [-0.15, -0.1) is 0 Å². The van der Waals surface area contributed by atoms with Crippen LogP contribution in [0.1, 0.15) is 35.8 Å². The Balaban J connectivity index is 2.30. The van der Waals surface area contributed by atoms with Crippen molar-refractivity contribution in [2.45, 2.75) is 19.8 Å². The van der Waals surface area contributed by atoms with Crippen LogP contribution in [0.4, 0.5) is 0 Å². The highest BCUT2D eigenvalue weighted by atomic mass is 16.1. The lowest BCUT2D eigenvalue weighted by Crippen LogP contribution is -1.85. The summed E-state index contributed by atoms with van der Waals surface area (Å²) >= 11 is 0. The third kappa shape index (κ3) is 2.06. The molecule has 0 amide bonds. The molecule has 2 nitrogen and oxygen atoms in total. The Morgan fingerprint density at radius 3 is 2.31 bits per heavy atom. The molecule has 0 atom stereocenters. The van der Waals surface area contributed by atoms with E-state index >= 15 is 0 Å². The number of hydrogen-bond donors (Lipinski definition) is 1. The van der Waals surface area contributed by atoms with Crippen molar-refractivity contribution in [3.63, 3.8) is 0 Å². The molecule has 2 heteroatoms. The molecule has 1 heterocycles. The molecule has 0 aliphatic carbocycles. The summed E-state index contributed by atoms with van der Waals surface area (Å²) in [5.41, 5.74) is 4.13. The Labute approximate surface area is 95.3 Å². The number of benzene rings is 1. The number of rotatable bonds is 3. The van der Waals surface area contributed by atoms with Crippen LogP contribution in [0.3, 0.4) is 0 Å². The fourth-order valence-corrected chi connectivity index (χ4v) is 1.71. The first-order valence-electron chi connectivity index (χ1n) is 5.44. The van der Waals surface area contributed by atoms with Crippen molar-refractivity contribution in [2.75, 3.05) is 0 Å². The van der Waals surface area contributed by atoms with Gasteiger partial charge in [0.15, 0.2) is 6.29 Å². The maximum absolute atomic E-state index is 10.6. The van der Waals surface area contributed by atoms with E-state index in [0.29, 0.717) is 11.6 Å². The van der Waals surface area contributed by atoms with E-state index in [1.165, 1.54) is 5.56 Å². The molecule has 0 saturated carbocycles. The van der Waals surface area contributed by atoms with Crippen molar-refractivity contribution in [2.24, 2.45) is 0 Å². The molecule has 1 aromatic heterocycles. The first kappa shape index (κ1) is 10.7. The number of carbonyl (C=O) groups is 1. The van der Waals surface area contributed by atoms with Gasteiger partial charge in [-0.1, -0.05) is 38.1 Å². The van der Waals surface area contributed by atoms with Crippen LogP contribution in [-0.4, -0.2) is 11.3 Å². The van der Waals surface area contributed by atoms with Gasteiger partial charge in [0.25, 0.3) is 0 Å². The van der Waals surface area contributed by atoms with Gasteiger partial charge in [-0.25, -0.2) is 0 Å². The van der Waals surface area contributed by atoms with E-state index in [2.05, 4.69) is 43.1 Å². The Hall–Kier alpha value is -1.83. The van der Waals surface area contributed by atoms with Crippen LogP contribution in [-0.2, 0) is 0 Å². The lowest BCUT2D eigenvalue weighted by molar-refractivity contribution is 0.111. The summed E-state index contributed by atoms with van der Waals surface area (Å²) in [5, 5.41) is 0. The third-order valence-corrected chi connectivity index (χ3v) is 2.74. The van der Waals surface area contributed by atoms with Crippen molar-refractivity contribution in [1.82, 2.24) is 4.98 Å². The monoisotopic (exact) mass is 213 g/mol. The van der Waals surface area contributed by atoms with E-state index in [1.807, 2.05) is 12.3 Å². The summed E-state index contributed by atoms with van der Waals surface area (Å²) < 4.78 is 0. The van der Waals surface area contributed by atoms with Gasteiger partial charge < -0.3 is 4.98 Å². The molecule has 0 radical (unpaired) electrons. The number of nitrogens with one attached hydrogen (secondary N) is 1. The molecule has 2 aromatic rings. The lowest BCUT2D eigenvalue weighted by Gasteiger charge is -2.05. The van der Waals surface area contributed by atoms with Crippen LogP contribution in [0.5, 0.6) is 0 Å². The Morgan fingerprint density at radius 1 is 1.12 bits per heavy atom. The normalized spacial score (nSPS) is 10.7. The van der Waals surface area contributed by atoms with Crippen molar-refractivity contribution >= 4 is 6.29 Å². The number of aldehydes is 1. The molecule has 0 bridgehead atoms. The quantitative estimate of drug-likeness (QED) is 0.776. The SMILES string of the molecule is CC(C)c1ccc(-c2c[nH]c(C=O)c2)cc1. The second-order valence-corrected chi connectivity index (χ2v) is 4.24. The Bertz CT molecular complexity index is 480. The van der Waals surface area contributed by atoms with Crippen molar-refractivity contribution in [1.29, 1.82) is 0 Å². The van der Waals surface area contributed by atoms with Crippen LogP contribution in [0.15, 0.2) is 36.5 Å². The number of H-pyrrole nitrogens is 1. The molecular weight excluding hydrogens is 198 g/mol. The molecule has 0 aliphatic heterocycles. The van der Waals surface area contributed by atoms with Gasteiger partial charge >= 0.3 is 0 Å². The van der Waals surface area contributed by atoms with Crippen LogP contribution < -0.4 is 0 Å². The number of aromatic amines is 1. The van der Waals surface area contributed by atoms with Gasteiger partial charge in [0.2, 0.25) is 0 Å². The number of carbonyl (C=O) groups excluding carboxylic acids is 1. The van der Waals surface area contributed by atoms with Crippen molar-refractivity contribution in [3.05, 3.63) is 47.8 Å². The van der Waals surface area contributed by atoms with E-state index in [-0.39, 0.29) is 0 Å². The van der Waals surface area contributed by atoms with Crippen molar-refractivity contribution < 1.29 is 4.79 Å². The van der Waals surface area contributed by atoms with Crippen molar-refractivity contribution in [3.8, 4) is 11.1 Å². The van der Waals surface area contributed by atoms with E-state index in [4.69, 9.17) is 0 Å². The van der Waals surface area contributed by atoms with Crippen LogP contribution >= 0.6 is 0 Å². The predicted molar refractivity (Wildman–Crippen MR) is 65.7 cm³/mol. The molecule has 0 spiro atoms. The van der Waals surface area contributed by atoms with E-state index in [1.54, 1.807) is 0 Å². The second-order valence-electron chi connectivity index (χ2n) is 4.24. The zero-order chi connectivity index (χ0) is 11.5. The number of hydrogen-bond acceptors (Lipinski definition) is 1. The molecule has 1 aromatic carbocycles. The first-order chi connectivity index (χ1) is 7.70. The molecule has 82 valence electrons. The first-order valence-corrected chi connectivity index (χ1v) is 5.44.